The number of halogens is 2. The Morgan fingerprint density at radius 1 is 0.875 bits per heavy atom. The number of carbonyl (C=O) groups excluding carboxylic acids is 1. The average molecular weight is 458 g/mol. The van der Waals surface area contributed by atoms with Crippen molar-refractivity contribution in [3.63, 3.8) is 0 Å². The zero-order valence-electron chi connectivity index (χ0n) is 13.6. The Labute approximate surface area is 158 Å². The van der Waals surface area contributed by atoms with Crippen molar-refractivity contribution in [2.45, 2.75) is 9.65 Å². The lowest BCUT2D eigenvalue weighted by Crippen LogP contribution is -2.19. The van der Waals surface area contributed by atoms with Gasteiger partial charge in [0.25, 0.3) is 0 Å². The normalized spacial score (nSPS) is 13.0. The predicted octanol–water partition coefficient (Wildman–Crippen LogP) is 4.79. The van der Waals surface area contributed by atoms with Crippen LogP contribution < -0.4 is 14.2 Å². The average Bonchev–Trinajstić information content (AvgIpc) is 2.65. The molecule has 0 heterocycles. The highest BCUT2D eigenvalue weighted by molar-refractivity contribution is 9.12. The minimum Gasteiger partial charge on any atom is -0.497 e. The second kappa shape index (κ2) is 8.53. The van der Waals surface area contributed by atoms with E-state index in [0.717, 1.165) is 11.3 Å². The summed E-state index contributed by atoms with van der Waals surface area (Å²) in [5, 5.41) is 0. The van der Waals surface area contributed by atoms with Gasteiger partial charge >= 0.3 is 0 Å². The third kappa shape index (κ3) is 4.11. The second-order valence-electron chi connectivity index (χ2n) is 5.01. The molecule has 0 amide bonds. The van der Waals surface area contributed by atoms with Crippen molar-refractivity contribution in [2.75, 3.05) is 21.3 Å². The number of ketones is 1. The molecule has 0 saturated carbocycles. The first-order valence-corrected chi connectivity index (χ1v) is 9.03. The Hall–Kier alpha value is -1.53. The molecular weight excluding hydrogens is 440 g/mol. The molecule has 4 nitrogen and oxygen atoms in total. The molecule has 0 radical (unpaired) electrons. The van der Waals surface area contributed by atoms with E-state index in [1.807, 2.05) is 24.3 Å². The minimum absolute atomic E-state index is 0.0475. The van der Waals surface area contributed by atoms with E-state index in [2.05, 4.69) is 31.9 Å². The van der Waals surface area contributed by atoms with Gasteiger partial charge in [-0.15, -0.1) is 0 Å². The summed E-state index contributed by atoms with van der Waals surface area (Å²) < 4.78 is 15.6. The van der Waals surface area contributed by atoms with Crippen molar-refractivity contribution in [3.05, 3.63) is 53.6 Å². The third-order valence-corrected chi connectivity index (χ3v) is 6.32. The number of methoxy groups -OCH3 is 3. The van der Waals surface area contributed by atoms with Crippen molar-refractivity contribution in [3.8, 4) is 17.2 Å². The monoisotopic (exact) mass is 456 g/mol. The number of hydrogen-bond acceptors (Lipinski definition) is 4. The van der Waals surface area contributed by atoms with E-state index >= 15 is 0 Å². The molecule has 2 atom stereocenters. The van der Waals surface area contributed by atoms with Crippen LogP contribution in [0.4, 0.5) is 0 Å². The summed E-state index contributed by atoms with van der Waals surface area (Å²) in [5.74, 6) is 1.84. The SMILES string of the molecule is COc1ccc([C@@H](Br)[C@H](Br)C(=O)c2ccc(OC)c(OC)c2)cc1. The smallest absolute Gasteiger partial charge is 0.178 e. The van der Waals surface area contributed by atoms with Crippen molar-refractivity contribution < 1.29 is 19.0 Å². The summed E-state index contributed by atoms with van der Waals surface area (Å²) in [6, 6.07) is 12.7. The van der Waals surface area contributed by atoms with E-state index in [9.17, 15) is 4.79 Å². The molecule has 0 aromatic heterocycles. The lowest BCUT2D eigenvalue weighted by atomic mass is 10.0. The van der Waals surface area contributed by atoms with Gasteiger partial charge in [-0.25, -0.2) is 0 Å². The fraction of sp³-hybridized carbons (Fsp3) is 0.278. The molecule has 2 aromatic carbocycles. The Balaban J connectivity index is 2.21. The molecule has 128 valence electrons. The number of carbonyl (C=O) groups is 1. The zero-order valence-corrected chi connectivity index (χ0v) is 16.8. The second-order valence-corrected chi connectivity index (χ2v) is 6.98. The number of rotatable bonds is 7. The zero-order chi connectivity index (χ0) is 17.7. The number of alkyl halides is 2. The topological polar surface area (TPSA) is 44.8 Å². The summed E-state index contributed by atoms with van der Waals surface area (Å²) >= 11 is 7.10. The van der Waals surface area contributed by atoms with Crippen LogP contribution in [-0.2, 0) is 0 Å². The molecule has 0 unspecified atom stereocenters. The van der Waals surface area contributed by atoms with Gasteiger partial charge in [-0.2, -0.15) is 0 Å². The van der Waals surface area contributed by atoms with Gasteiger partial charge in [0, 0.05) is 5.56 Å². The molecule has 0 fully saturated rings. The molecular formula is C18H18Br2O4. The molecule has 0 spiro atoms. The predicted molar refractivity (Wildman–Crippen MR) is 101 cm³/mol. The Bertz CT molecular complexity index is 701. The van der Waals surface area contributed by atoms with Crippen LogP contribution in [0.5, 0.6) is 17.2 Å². The highest BCUT2D eigenvalue weighted by atomic mass is 79.9. The van der Waals surface area contributed by atoms with Crippen LogP contribution >= 0.6 is 31.9 Å². The number of ether oxygens (including phenoxy) is 3. The maximum absolute atomic E-state index is 12.8. The van der Waals surface area contributed by atoms with Crippen LogP contribution in [0.15, 0.2) is 42.5 Å². The van der Waals surface area contributed by atoms with Crippen LogP contribution in [-0.4, -0.2) is 31.9 Å². The Morgan fingerprint density at radius 2 is 1.50 bits per heavy atom. The van der Waals surface area contributed by atoms with E-state index < -0.39 is 4.83 Å². The third-order valence-electron chi connectivity index (χ3n) is 3.61. The van der Waals surface area contributed by atoms with Crippen molar-refractivity contribution in [1.82, 2.24) is 0 Å². The van der Waals surface area contributed by atoms with E-state index in [-0.39, 0.29) is 10.6 Å². The Morgan fingerprint density at radius 3 is 2.04 bits per heavy atom. The van der Waals surface area contributed by atoms with Crippen LogP contribution in [0.3, 0.4) is 0 Å². The first-order chi connectivity index (χ1) is 11.5. The highest BCUT2D eigenvalue weighted by Crippen LogP contribution is 2.35. The molecule has 0 aliphatic rings. The largest absolute Gasteiger partial charge is 0.497 e. The number of benzene rings is 2. The molecule has 6 heteroatoms. The standard InChI is InChI=1S/C18H18Br2O4/c1-22-13-7-4-11(5-8-13)16(19)17(20)18(21)12-6-9-14(23-2)15(10-12)24-3/h4-10,16-17H,1-3H3/t16-,17+/m1/s1. The maximum atomic E-state index is 12.8. The quantitative estimate of drug-likeness (QED) is 0.442. The molecule has 0 N–H and O–H groups in total. The van der Waals surface area contributed by atoms with Gasteiger partial charge in [0.1, 0.15) is 5.75 Å². The fourth-order valence-electron chi connectivity index (χ4n) is 2.24. The highest BCUT2D eigenvalue weighted by Gasteiger charge is 2.26. The Kier molecular flexibility index (Phi) is 6.69. The van der Waals surface area contributed by atoms with Gasteiger partial charge in [0.2, 0.25) is 0 Å². The molecule has 0 aliphatic carbocycles. The van der Waals surface area contributed by atoms with Gasteiger partial charge in [-0.3, -0.25) is 4.79 Å². The van der Waals surface area contributed by atoms with Crippen molar-refractivity contribution in [1.29, 1.82) is 0 Å². The summed E-state index contributed by atoms with van der Waals surface area (Å²) in [5.41, 5.74) is 1.53. The molecule has 24 heavy (non-hydrogen) atoms. The number of hydrogen-bond donors (Lipinski definition) is 0. The molecule has 2 rings (SSSR count). The lowest BCUT2D eigenvalue weighted by molar-refractivity contribution is 0.0990. The summed E-state index contributed by atoms with van der Waals surface area (Å²) in [4.78, 5) is 12.1. The maximum Gasteiger partial charge on any atom is 0.178 e. The fourth-order valence-corrected chi connectivity index (χ4v) is 3.35. The van der Waals surface area contributed by atoms with Gasteiger partial charge < -0.3 is 14.2 Å². The van der Waals surface area contributed by atoms with E-state index in [0.29, 0.717) is 17.1 Å². The van der Waals surface area contributed by atoms with Crippen LogP contribution in [0, 0.1) is 0 Å². The molecule has 0 aliphatic heterocycles. The summed E-state index contributed by atoms with van der Waals surface area (Å²) in [6.07, 6.45) is 0. The van der Waals surface area contributed by atoms with Gasteiger partial charge in [-0.05, 0) is 35.9 Å². The number of Topliss-reactive ketones (excluding diaryl/α,β-unsaturated/α-hetero) is 1. The summed E-state index contributed by atoms with van der Waals surface area (Å²) in [7, 11) is 4.72. The first kappa shape index (κ1) is 18.8. The van der Waals surface area contributed by atoms with Crippen molar-refractivity contribution >= 4 is 37.6 Å². The van der Waals surface area contributed by atoms with E-state index in [4.69, 9.17) is 14.2 Å². The van der Waals surface area contributed by atoms with Gasteiger partial charge in [-0.1, -0.05) is 44.0 Å². The molecule has 0 saturated heterocycles. The first-order valence-electron chi connectivity index (χ1n) is 7.20. The van der Waals surface area contributed by atoms with Crippen LogP contribution in [0.25, 0.3) is 0 Å². The van der Waals surface area contributed by atoms with Crippen molar-refractivity contribution in [2.24, 2.45) is 0 Å². The minimum atomic E-state index is -0.427. The van der Waals surface area contributed by atoms with Crippen LogP contribution in [0.1, 0.15) is 20.7 Å². The molecule has 2 aromatic rings. The molecule has 0 bridgehead atoms. The van der Waals surface area contributed by atoms with Gasteiger partial charge in [0.15, 0.2) is 17.3 Å². The van der Waals surface area contributed by atoms with E-state index in [1.54, 1.807) is 39.5 Å². The van der Waals surface area contributed by atoms with Crippen LogP contribution in [0.2, 0.25) is 0 Å². The van der Waals surface area contributed by atoms with Gasteiger partial charge in [0.05, 0.1) is 31.0 Å². The lowest BCUT2D eigenvalue weighted by Gasteiger charge is -2.17. The van der Waals surface area contributed by atoms with E-state index in [1.165, 1.54) is 0 Å². The summed E-state index contributed by atoms with van der Waals surface area (Å²) in [6.45, 7) is 0.